The molecule has 5 nitrogen and oxygen atoms in total. The quantitative estimate of drug-likeness (QED) is 0.617. The summed E-state index contributed by atoms with van der Waals surface area (Å²) in [6.45, 7) is 2.81. The second-order valence-electron chi connectivity index (χ2n) is 5.72. The Balaban J connectivity index is 2.00. The average Bonchev–Trinajstić information content (AvgIpc) is 2.88. The molecule has 2 heterocycles. The van der Waals surface area contributed by atoms with Gasteiger partial charge in [0.25, 0.3) is 5.69 Å². The van der Waals surface area contributed by atoms with E-state index < -0.39 is 4.92 Å². The van der Waals surface area contributed by atoms with Crippen LogP contribution in [-0.2, 0) is 0 Å². The minimum atomic E-state index is -0.528. The Bertz CT molecular complexity index is 756. The number of rotatable bonds is 3. The van der Waals surface area contributed by atoms with Gasteiger partial charge >= 0.3 is 0 Å². The van der Waals surface area contributed by atoms with E-state index in [4.69, 9.17) is 11.6 Å². The lowest BCUT2D eigenvalue weighted by atomic mass is 9.95. The van der Waals surface area contributed by atoms with Crippen LogP contribution in [0.4, 0.5) is 15.9 Å². The molecule has 1 aromatic heterocycles. The van der Waals surface area contributed by atoms with Crippen LogP contribution in [0.15, 0.2) is 36.5 Å². The number of aromatic nitrogens is 1. The first-order valence-electron chi connectivity index (χ1n) is 7.29. The van der Waals surface area contributed by atoms with Gasteiger partial charge in [-0.2, -0.15) is 0 Å². The minimum Gasteiger partial charge on any atom is -0.348 e. The molecule has 0 aliphatic carbocycles. The summed E-state index contributed by atoms with van der Waals surface area (Å²) in [6.07, 6.45) is 2.11. The zero-order valence-electron chi connectivity index (χ0n) is 12.4. The van der Waals surface area contributed by atoms with Gasteiger partial charge in [-0.3, -0.25) is 10.1 Å². The van der Waals surface area contributed by atoms with Gasteiger partial charge in [0.2, 0.25) is 0 Å². The summed E-state index contributed by atoms with van der Waals surface area (Å²) >= 11 is 6.20. The lowest BCUT2D eigenvalue weighted by molar-refractivity contribution is -0.385. The maximum Gasteiger partial charge on any atom is 0.289 e. The summed E-state index contributed by atoms with van der Waals surface area (Å²) in [5.74, 6) is 0.505. The van der Waals surface area contributed by atoms with Crippen molar-refractivity contribution in [3.05, 3.63) is 63.0 Å². The van der Waals surface area contributed by atoms with Crippen molar-refractivity contribution in [1.82, 2.24) is 4.98 Å². The van der Waals surface area contributed by atoms with Gasteiger partial charge in [0.05, 0.1) is 16.0 Å². The summed E-state index contributed by atoms with van der Waals surface area (Å²) in [5, 5.41) is 11.0. The molecule has 1 saturated heterocycles. The molecule has 0 bridgehead atoms. The molecule has 1 aliphatic rings. The van der Waals surface area contributed by atoms with E-state index in [0.717, 1.165) is 12.0 Å². The van der Waals surface area contributed by atoms with Crippen LogP contribution in [0.3, 0.4) is 0 Å². The Morgan fingerprint density at radius 3 is 2.87 bits per heavy atom. The first-order valence-corrected chi connectivity index (χ1v) is 7.67. The monoisotopic (exact) mass is 335 g/mol. The average molecular weight is 336 g/mol. The highest BCUT2D eigenvalue weighted by Crippen LogP contribution is 2.42. The van der Waals surface area contributed by atoms with Crippen LogP contribution < -0.4 is 4.90 Å². The third-order valence-electron chi connectivity index (χ3n) is 4.18. The van der Waals surface area contributed by atoms with Crippen molar-refractivity contribution in [1.29, 1.82) is 0 Å². The van der Waals surface area contributed by atoms with Gasteiger partial charge in [0.15, 0.2) is 0 Å². The molecule has 2 atom stereocenters. The Hall–Kier alpha value is -2.21. The number of hydrogen-bond donors (Lipinski definition) is 0. The van der Waals surface area contributed by atoms with Gasteiger partial charge in [-0.25, -0.2) is 9.37 Å². The van der Waals surface area contributed by atoms with E-state index in [0.29, 0.717) is 18.3 Å². The Morgan fingerprint density at radius 2 is 2.22 bits per heavy atom. The van der Waals surface area contributed by atoms with Gasteiger partial charge in [-0.1, -0.05) is 30.7 Å². The number of benzene rings is 1. The summed E-state index contributed by atoms with van der Waals surface area (Å²) in [6, 6.07) is 7.72. The molecule has 0 saturated carbocycles. The molecule has 2 unspecified atom stereocenters. The van der Waals surface area contributed by atoms with Gasteiger partial charge in [-0.05, 0) is 30.0 Å². The van der Waals surface area contributed by atoms with Crippen LogP contribution in [0.1, 0.15) is 24.9 Å². The zero-order chi connectivity index (χ0) is 16.6. The first kappa shape index (κ1) is 15.7. The normalized spacial score (nSPS) is 20.7. The summed E-state index contributed by atoms with van der Waals surface area (Å²) in [4.78, 5) is 16.4. The molecular formula is C16H15ClFN3O2. The Kier molecular flexibility index (Phi) is 4.17. The molecule has 0 amide bonds. The molecule has 7 heteroatoms. The van der Waals surface area contributed by atoms with Crippen LogP contribution in [0, 0.1) is 21.8 Å². The minimum absolute atomic E-state index is 0.0582. The summed E-state index contributed by atoms with van der Waals surface area (Å²) in [5.41, 5.74) is 0.708. The third kappa shape index (κ3) is 2.99. The molecular weight excluding hydrogens is 321 g/mol. The second-order valence-corrected chi connectivity index (χ2v) is 6.12. The van der Waals surface area contributed by atoms with E-state index >= 15 is 0 Å². The second kappa shape index (κ2) is 6.12. The van der Waals surface area contributed by atoms with E-state index in [9.17, 15) is 14.5 Å². The van der Waals surface area contributed by atoms with Gasteiger partial charge in [-0.15, -0.1) is 0 Å². The maximum atomic E-state index is 13.6. The zero-order valence-corrected chi connectivity index (χ0v) is 13.2. The third-order valence-corrected chi connectivity index (χ3v) is 4.46. The highest BCUT2D eigenvalue weighted by Gasteiger charge is 2.34. The van der Waals surface area contributed by atoms with Crippen LogP contribution in [0.2, 0.25) is 5.02 Å². The topological polar surface area (TPSA) is 59.3 Å². The van der Waals surface area contributed by atoms with Crippen molar-refractivity contribution in [3.63, 3.8) is 0 Å². The van der Waals surface area contributed by atoms with Crippen LogP contribution in [-0.4, -0.2) is 16.5 Å². The number of hydrogen-bond acceptors (Lipinski definition) is 4. The molecule has 1 aromatic carbocycles. The smallest absolute Gasteiger partial charge is 0.289 e. The predicted molar refractivity (Wildman–Crippen MR) is 86.2 cm³/mol. The molecule has 0 N–H and O–H groups in total. The van der Waals surface area contributed by atoms with Crippen molar-refractivity contribution in [2.24, 2.45) is 5.92 Å². The van der Waals surface area contributed by atoms with E-state index in [2.05, 4.69) is 11.9 Å². The fourth-order valence-electron chi connectivity index (χ4n) is 3.12. The van der Waals surface area contributed by atoms with Crippen molar-refractivity contribution >= 4 is 23.1 Å². The van der Waals surface area contributed by atoms with Gasteiger partial charge < -0.3 is 4.90 Å². The number of anilines is 1. The molecule has 23 heavy (non-hydrogen) atoms. The largest absolute Gasteiger partial charge is 0.348 e. The van der Waals surface area contributed by atoms with E-state index in [1.807, 2.05) is 11.0 Å². The lowest BCUT2D eigenvalue weighted by Crippen LogP contribution is -2.26. The SMILES string of the molecule is CC1CCN(c2ncc([N+](=O)[O-])cc2Cl)C1c1cccc(F)c1. The molecule has 0 spiro atoms. The first-order chi connectivity index (χ1) is 11.0. The van der Waals surface area contributed by atoms with Crippen molar-refractivity contribution < 1.29 is 9.31 Å². The fourth-order valence-corrected chi connectivity index (χ4v) is 3.38. The fraction of sp³-hybridized carbons (Fsp3) is 0.312. The van der Waals surface area contributed by atoms with E-state index in [1.54, 1.807) is 6.07 Å². The van der Waals surface area contributed by atoms with Crippen molar-refractivity contribution in [2.75, 3.05) is 11.4 Å². The van der Waals surface area contributed by atoms with Crippen LogP contribution >= 0.6 is 11.6 Å². The number of pyridine rings is 1. The Morgan fingerprint density at radius 1 is 1.43 bits per heavy atom. The van der Waals surface area contributed by atoms with Gasteiger partial charge in [0.1, 0.15) is 17.8 Å². The van der Waals surface area contributed by atoms with E-state index in [1.165, 1.54) is 24.4 Å². The lowest BCUT2D eigenvalue weighted by Gasteiger charge is -2.29. The molecule has 3 rings (SSSR count). The van der Waals surface area contributed by atoms with Crippen molar-refractivity contribution in [3.8, 4) is 0 Å². The van der Waals surface area contributed by atoms with Crippen molar-refractivity contribution in [2.45, 2.75) is 19.4 Å². The molecule has 2 aromatic rings. The Labute approximate surface area is 137 Å². The molecule has 120 valence electrons. The molecule has 1 fully saturated rings. The van der Waals surface area contributed by atoms with Crippen LogP contribution in [0.5, 0.6) is 0 Å². The highest BCUT2D eigenvalue weighted by molar-refractivity contribution is 6.33. The molecule has 0 radical (unpaired) electrons. The van der Waals surface area contributed by atoms with E-state index in [-0.39, 0.29) is 22.6 Å². The number of halogens is 2. The maximum absolute atomic E-state index is 13.6. The number of nitro groups is 1. The van der Waals surface area contributed by atoms with Crippen LogP contribution in [0.25, 0.3) is 0 Å². The standard InChI is InChI=1S/C16H15ClFN3O2/c1-10-5-6-20(15(10)11-3-2-4-12(18)7-11)16-14(17)8-13(9-19-16)21(22)23/h2-4,7-10,15H,5-6H2,1H3. The predicted octanol–water partition coefficient (Wildman–Crippen LogP) is 4.37. The summed E-state index contributed by atoms with van der Waals surface area (Å²) < 4.78 is 13.6. The summed E-state index contributed by atoms with van der Waals surface area (Å²) in [7, 11) is 0. The number of nitrogens with zero attached hydrogens (tertiary/aromatic N) is 3. The molecule has 1 aliphatic heterocycles. The highest BCUT2D eigenvalue weighted by atomic mass is 35.5. The van der Waals surface area contributed by atoms with Gasteiger partial charge in [0, 0.05) is 12.6 Å².